The van der Waals surface area contributed by atoms with Crippen molar-refractivity contribution in [3.63, 3.8) is 0 Å². The van der Waals surface area contributed by atoms with Gasteiger partial charge < -0.3 is 9.47 Å². The Balaban J connectivity index is 1.94. The summed E-state index contributed by atoms with van der Waals surface area (Å²) in [4.78, 5) is -0.337. The fraction of sp³-hybridized carbons (Fsp3) is 0.500. The van der Waals surface area contributed by atoms with Crippen molar-refractivity contribution < 1.29 is 31.1 Å². The number of benzene rings is 1. The zero-order valence-corrected chi connectivity index (χ0v) is 16.3. The molecule has 1 aliphatic rings. The average Bonchev–Trinajstić information content (AvgIpc) is 3.10. The molecule has 10 heteroatoms. The Morgan fingerprint density at radius 2 is 2.11 bits per heavy atom. The molecular weight excluding hydrogens is 397 g/mol. The molecule has 2 heterocycles. The van der Waals surface area contributed by atoms with Gasteiger partial charge in [-0.05, 0) is 44.0 Å². The topological polar surface area (TPSA) is 70.4 Å². The zero-order chi connectivity index (χ0) is 20.6. The van der Waals surface area contributed by atoms with E-state index < -0.39 is 32.4 Å². The number of rotatable bonds is 5. The van der Waals surface area contributed by atoms with E-state index in [1.165, 1.54) is 13.2 Å². The fourth-order valence-corrected chi connectivity index (χ4v) is 5.21. The van der Waals surface area contributed by atoms with Gasteiger partial charge in [-0.2, -0.15) is 18.3 Å². The van der Waals surface area contributed by atoms with Crippen LogP contribution in [0.1, 0.15) is 37.1 Å². The molecule has 0 amide bonds. The highest BCUT2D eigenvalue weighted by atomic mass is 32.2. The normalized spacial score (nSPS) is 23.7. The highest BCUT2D eigenvalue weighted by Gasteiger charge is 2.46. The lowest BCUT2D eigenvalue weighted by atomic mass is 9.95. The summed E-state index contributed by atoms with van der Waals surface area (Å²) in [5.41, 5.74) is -0.328. The molecule has 2 unspecified atom stereocenters. The van der Waals surface area contributed by atoms with Crippen molar-refractivity contribution in [2.24, 2.45) is 0 Å². The Kier molecular flexibility index (Phi) is 5.57. The van der Waals surface area contributed by atoms with Gasteiger partial charge in [-0.25, -0.2) is 13.1 Å². The SMILES string of the molecule is COCn1nccc1C1CC(C)(S(=O)(=O)c2cccc(C(F)(F)F)c2)CCO1. The second-order valence-electron chi connectivity index (χ2n) is 6.97. The smallest absolute Gasteiger partial charge is 0.372 e. The molecule has 0 saturated carbocycles. The van der Waals surface area contributed by atoms with Gasteiger partial charge in [0.05, 0.1) is 20.9 Å². The van der Waals surface area contributed by atoms with Crippen molar-refractivity contribution in [2.45, 2.75) is 48.4 Å². The summed E-state index contributed by atoms with van der Waals surface area (Å²) in [6, 6.07) is 5.59. The van der Waals surface area contributed by atoms with Crippen molar-refractivity contribution in [1.82, 2.24) is 9.78 Å². The summed E-state index contributed by atoms with van der Waals surface area (Å²) < 4.78 is 76.7. The Hall–Kier alpha value is -1.91. The van der Waals surface area contributed by atoms with Crippen LogP contribution in [0.2, 0.25) is 0 Å². The summed E-state index contributed by atoms with van der Waals surface area (Å²) in [5, 5.41) is 4.13. The van der Waals surface area contributed by atoms with Crippen molar-refractivity contribution in [1.29, 1.82) is 0 Å². The predicted octanol–water partition coefficient (Wildman–Crippen LogP) is 3.59. The lowest BCUT2D eigenvalue weighted by molar-refractivity contribution is -0.137. The third kappa shape index (κ3) is 3.81. The van der Waals surface area contributed by atoms with Gasteiger partial charge in [0.1, 0.15) is 12.8 Å². The third-order valence-corrected chi connectivity index (χ3v) is 7.56. The Morgan fingerprint density at radius 1 is 1.36 bits per heavy atom. The number of hydrogen-bond donors (Lipinski definition) is 0. The predicted molar refractivity (Wildman–Crippen MR) is 94.2 cm³/mol. The second-order valence-corrected chi connectivity index (χ2v) is 9.43. The molecule has 0 bridgehead atoms. The van der Waals surface area contributed by atoms with E-state index in [1.807, 2.05) is 0 Å². The molecule has 2 aromatic rings. The van der Waals surface area contributed by atoms with Crippen LogP contribution in [0.5, 0.6) is 0 Å². The van der Waals surface area contributed by atoms with Gasteiger partial charge >= 0.3 is 6.18 Å². The van der Waals surface area contributed by atoms with Gasteiger partial charge in [-0.15, -0.1) is 0 Å². The molecule has 1 aromatic heterocycles. The minimum absolute atomic E-state index is 0.0982. The molecule has 1 saturated heterocycles. The van der Waals surface area contributed by atoms with Crippen LogP contribution < -0.4 is 0 Å². The molecule has 1 fully saturated rings. The summed E-state index contributed by atoms with van der Waals surface area (Å²) >= 11 is 0. The molecule has 154 valence electrons. The molecule has 3 rings (SSSR count). The van der Waals surface area contributed by atoms with Gasteiger partial charge in [-0.1, -0.05) is 6.07 Å². The number of alkyl halides is 3. The molecule has 2 atom stereocenters. The molecule has 1 aliphatic heterocycles. The number of hydrogen-bond acceptors (Lipinski definition) is 5. The van der Waals surface area contributed by atoms with E-state index in [-0.39, 0.29) is 31.1 Å². The van der Waals surface area contributed by atoms with E-state index in [2.05, 4.69) is 5.10 Å². The second kappa shape index (κ2) is 7.49. The zero-order valence-electron chi connectivity index (χ0n) is 15.4. The largest absolute Gasteiger partial charge is 0.416 e. The lowest BCUT2D eigenvalue weighted by Gasteiger charge is -2.37. The minimum atomic E-state index is -4.61. The summed E-state index contributed by atoms with van der Waals surface area (Å²) in [7, 11) is -2.53. The van der Waals surface area contributed by atoms with Crippen molar-refractivity contribution in [3.05, 3.63) is 47.8 Å². The summed E-state index contributed by atoms with van der Waals surface area (Å²) in [6.07, 6.45) is -3.33. The van der Waals surface area contributed by atoms with Crippen LogP contribution in [0.15, 0.2) is 41.4 Å². The first kappa shape index (κ1) is 20.8. The fourth-order valence-electron chi connectivity index (χ4n) is 3.37. The van der Waals surface area contributed by atoms with Crippen molar-refractivity contribution >= 4 is 9.84 Å². The number of ether oxygens (including phenoxy) is 2. The van der Waals surface area contributed by atoms with Crippen LogP contribution in [-0.4, -0.2) is 36.7 Å². The first-order valence-electron chi connectivity index (χ1n) is 8.63. The number of halogens is 3. The van der Waals surface area contributed by atoms with E-state index in [9.17, 15) is 21.6 Å². The number of methoxy groups -OCH3 is 1. The molecular formula is C18H21F3N2O4S. The molecule has 0 aliphatic carbocycles. The first-order chi connectivity index (χ1) is 13.1. The van der Waals surface area contributed by atoms with Crippen LogP contribution in [0, 0.1) is 0 Å². The molecule has 0 spiro atoms. The van der Waals surface area contributed by atoms with Crippen LogP contribution in [0.3, 0.4) is 0 Å². The van der Waals surface area contributed by atoms with E-state index in [0.29, 0.717) is 11.8 Å². The lowest BCUT2D eigenvalue weighted by Crippen LogP contribution is -2.42. The van der Waals surface area contributed by atoms with Crippen LogP contribution in [0.4, 0.5) is 13.2 Å². The minimum Gasteiger partial charge on any atom is -0.372 e. The first-order valence-corrected chi connectivity index (χ1v) is 10.1. The monoisotopic (exact) mass is 418 g/mol. The molecule has 6 nitrogen and oxygen atoms in total. The molecule has 0 radical (unpaired) electrons. The molecule has 1 aromatic carbocycles. The maximum absolute atomic E-state index is 13.2. The number of aromatic nitrogens is 2. The molecule has 28 heavy (non-hydrogen) atoms. The van der Waals surface area contributed by atoms with E-state index in [1.54, 1.807) is 23.9 Å². The number of sulfone groups is 1. The van der Waals surface area contributed by atoms with Gasteiger partial charge in [-0.3, -0.25) is 0 Å². The highest BCUT2D eigenvalue weighted by molar-refractivity contribution is 7.92. The Bertz CT molecular complexity index is 942. The van der Waals surface area contributed by atoms with Crippen molar-refractivity contribution in [2.75, 3.05) is 13.7 Å². The van der Waals surface area contributed by atoms with Gasteiger partial charge in [0.2, 0.25) is 0 Å². The van der Waals surface area contributed by atoms with Gasteiger partial charge in [0.25, 0.3) is 0 Å². The van der Waals surface area contributed by atoms with Crippen LogP contribution in [-0.2, 0) is 32.2 Å². The Labute approximate surface area is 161 Å². The Morgan fingerprint density at radius 3 is 2.79 bits per heavy atom. The van der Waals surface area contributed by atoms with Crippen LogP contribution >= 0.6 is 0 Å². The molecule has 0 N–H and O–H groups in total. The van der Waals surface area contributed by atoms with Crippen LogP contribution in [0.25, 0.3) is 0 Å². The maximum atomic E-state index is 13.2. The van der Waals surface area contributed by atoms with Gasteiger partial charge in [0, 0.05) is 19.9 Å². The van der Waals surface area contributed by atoms with E-state index >= 15 is 0 Å². The highest BCUT2D eigenvalue weighted by Crippen LogP contribution is 2.42. The standard InChI is InChI=1S/C18H21F3N2O4S/c1-17(28(24,25)14-5-3-4-13(10-14)18(19,20)21)7-9-27-16(11-17)15-6-8-22-23(15)12-26-2/h3-6,8,10,16H,7,9,11-12H2,1-2H3. The van der Waals surface area contributed by atoms with E-state index in [0.717, 1.165) is 12.1 Å². The third-order valence-electron chi connectivity index (χ3n) is 5.02. The average molecular weight is 418 g/mol. The summed E-state index contributed by atoms with van der Waals surface area (Å²) in [6.45, 7) is 1.89. The number of nitrogens with zero attached hydrogens (tertiary/aromatic N) is 2. The van der Waals surface area contributed by atoms with Crippen molar-refractivity contribution in [3.8, 4) is 0 Å². The van der Waals surface area contributed by atoms with E-state index in [4.69, 9.17) is 9.47 Å². The maximum Gasteiger partial charge on any atom is 0.416 e. The summed E-state index contributed by atoms with van der Waals surface area (Å²) in [5.74, 6) is 0. The van der Waals surface area contributed by atoms with Gasteiger partial charge in [0.15, 0.2) is 9.84 Å². The quantitative estimate of drug-likeness (QED) is 0.742.